The van der Waals surface area contributed by atoms with E-state index in [2.05, 4.69) is 5.32 Å². The fourth-order valence-electron chi connectivity index (χ4n) is 4.54. The first-order valence-electron chi connectivity index (χ1n) is 11.4. The molecule has 0 aliphatic heterocycles. The van der Waals surface area contributed by atoms with Crippen LogP contribution in [0, 0.1) is 13.8 Å². The van der Waals surface area contributed by atoms with Crippen molar-refractivity contribution in [3.63, 3.8) is 0 Å². The van der Waals surface area contributed by atoms with Crippen LogP contribution in [-0.2, 0) is 16.0 Å². The summed E-state index contributed by atoms with van der Waals surface area (Å²) in [5.74, 6) is -2.07. The van der Waals surface area contributed by atoms with E-state index in [1.165, 1.54) is 0 Å². The molecule has 0 bridgehead atoms. The van der Waals surface area contributed by atoms with Gasteiger partial charge in [0, 0.05) is 21.9 Å². The maximum absolute atomic E-state index is 12.9. The molecule has 7 heteroatoms. The second-order valence-corrected chi connectivity index (χ2v) is 8.67. The molecule has 0 fully saturated rings. The molecule has 0 unspecified atom stereocenters. The number of amides is 1. The first-order chi connectivity index (χ1) is 17.3. The number of hydrogen-bond acceptors (Lipinski definition) is 6. The van der Waals surface area contributed by atoms with Crippen LogP contribution in [0.2, 0.25) is 0 Å². The van der Waals surface area contributed by atoms with Gasteiger partial charge in [0.15, 0.2) is 0 Å². The average molecular weight is 480 g/mol. The average Bonchev–Trinajstić information content (AvgIpc) is 3.31. The van der Waals surface area contributed by atoms with Crippen molar-refractivity contribution in [2.45, 2.75) is 26.3 Å². The van der Waals surface area contributed by atoms with Gasteiger partial charge in [-0.3, -0.25) is 4.79 Å². The number of carboxylic acid groups (broad SMARTS) is 1. The highest BCUT2D eigenvalue weighted by Crippen LogP contribution is 2.37. The Morgan fingerprint density at radius 3 is 2.25 bits per heavy atom. The number of benzene rings is 3. The van der Waals surface area contributed by atoms with E-state index in [0.717, 1.165) is 16.5 Å². The summed E-state index contributed by atoms with van der Waals surface area (Å²) in [6.07, 6.45) is 1.34. The highest BCUT2D eigenvalue weighted by atomic mass is 16.4. The van der Waals surface area contributed by atoms with Gasteiger partial charge in [-0.15, -0.1) is 0 Å². The van der Waals surface area contributed by atoms with Gasteiger partial charge in [-0.05, 0) is 36.6 Å². The van der Waals surface area contributed by atoms with E-state index in [4.69, 9.17) is 8.83 Å². The van der Waals surface area contributed by atoms with Crippen molar-refractivity contribution in [3.8, 4) is 11.1 Å². The molecule has 5 rings (SSSR count). The smallest absolute Gasteiger partial charge is 0.340 e. The summed E-state index contributed by atoms with van der Waals surface area (Å²) in [4.78, 5) is 37.4. The number of rotatable bonds is 6. The lowest BCUT2D eigenvalue weighted by molar-refractivity contribution is -0.308. The minimum atomic E-state index is -1.44. The molecule has 0 saturated carbocycles. The van der Waals surface area contributed by atoms with Crippen molar-refractivity contribution in [1.82, 2.24) is 5.32 Å². The molecule has 0 spiro atoms. The SMILES string of the molecule is Cc1c(CC(=O)N[C@@H](C(=O)[O-])c2ccccc2)c(=O)oc2c(C)c3occ(-c4ccccc4)c3cc12. The molecular weight excluding hydrogens is 458 g/mol. The fourth-order valence-corrected chi connectivity index (χ4v) is 4.54. The maximum Gasteiger partial charge on any atom is 0.340 e. The van der Waals surface area contributed by atoms with Crippen LogP contribution in [0.25, 0.3) is 33.1 Å². The van der Waals surface area contributed by atoms with Gasteiger partial charge in [0.25, 0.3) is 0 Å². The topological polar surface area (TPSA) is 113 Å². The molecule has 2 aromatic heterocycles. The minimum absolute atomic E-state index is 0.161. The molecule has 0 radical (unpaired) electrons. The van der Waals surface area contributed by atoms with Crippen LogP contribution in [0.4, 0.5) is 0 Å². The summed E-state index contributed by atoms with van der Waals surface area (Å²) in [6, 6.07) is 18.6. The number of furan rings is 1. The van der Waals surface area contributed by atoms with Crippen LogP contribution in [0.3, 0.4) is 0 Å². The molecular formula is C29H22NO6-. The van der Waals surface area contributed by atoms with Gasteiger partial charge in [0.05, 0.1) is 30.3 Å². The van der Waals surface area contributed by atoms with Gasteiger partial charge in [0.2, 0.25) is 5.91 Å². The maximum atomic E-state index is 12.9. The third-order valence-electron chi connectivity index (χ3n) is 6.44. The number of nitrogens with one attached hydrogen (secondary N) is 1. The second kappa shape index (κ2) is 9.19. The van der Waals surface area contributed by atoms with Crippen molar-refractivity contribution in [2.75, 3.05) is 0 Å². The van der Waals surface area contributed by atoms with Gasteiger partial charge in [-0.25, -0.2) is 4.79 Å². The lowest BCUT2D eigenvalue weighted by Crippen LogP contribution is -2.42. The molecule has 36 heavy (non-hydrogen) atoms. The van der Waals surface area contributed by atoms with Crippen molar-refractivity contribution in [2.24, 2.45) is 0 Å². The van der Waals surface area contributed by atoms with Crippen molar-refractivity contribution < 1.29 is 23.5 Å². The molecule has 1 N–H and O–H groups in total. The molecule has 180 valence electrons. The number of aryl methyl sites for hydroxylation is 2. The van der Waals surface area contributed by atoms with Crippen LogP contribution in [-0.4, -0.2) is 11.9 Å². The fraction of sp³-hybridized carbons (Fsp3) is 0.138. The number of aliphatic carboxylic acids is 1. The van der Waals surface area contributed by atoms with Crippen LogP contribution < -0.4 is 16.0 Å². The quantitative estimate of drug-likeness (QED) is 0.368. The zero-order valence-electron chi connectivity index (χ0n) is 19.7. The molecule has 0 aliphatic carbocycles. The van der Waals surface area contributed by atoms with Gasteiger partial charge >= 0.3 is 5.63 Å². The second-order valence-electron chi connectivity index (χ2n) is 8.67. The molecule has 0 saturated heterocycles. The molecule has 3 aromatic carbocycles. The molecule has 5 aromatic rings. The minimum Gasteiger partial charge on any atom is -0.548 e. The van der Waals surface area contributed by atoms with Crippen LogP contribution in [0.15, 0.2) is 86.6 Å². The largest absolute Gasteiger partial charge is 0.548 e. The van der Waals surface area contributed by atoms with E-state index in [-0.39, 0.29) is 12.0 Å². The monoisotopic (exact) mass is 480 g/mol. The predicted molar refractivity (Wildman–Crippen MR) is 133 cm³/mol. The lowest BCUT2D eigenvalue weighted by Gasteiger charge is -2.20. The van der Waals surface area contributed by atoms with Crippen molar-refractivity contribution in [3.05, 3.63) is 106 Å². The number of carbonyl (C=O) groups is 2. The van der Waals surface area contributed by atoms with Crippen LogP contribution in [0.1, 0.15) is 28.3 Å². The standard InChI is InChI=1S/C29H23NO6/c1-16-20-13-22-23(18-9-5-3-6-10-18)15-35-26(22)17(2)27(20)36-29(34)21(16)14-24(31)30-25(28(32)33)19-11-7-4-8-12-19/h3-13,15,25H,14H2,1-2H3,(H,30,31)(H,32,33)/p-1/t25-/m1/s1. The Bertz CT molecular complexity index is 1670. The molecule has 1 atom stereocenters. The van der Waals surface area contributed by atoms with Gasteiger partial charge in [0.1, 0.15) is 11.2 Å². The van der Waals surface area contributed by atoms with Gasteiger partial charge in [-0.1, -0.05) is 60.7 Å². The van der Waals surface area contributed by atoms with E-state index in [1.807, 2.05) is 43.3 Å². The van der Waals surface area contributed by atoms with Crippen LogP contribution in [0.5, 0.6) is 0 Å². The zero-order valence-corrected chi connectivity index (χ0v) is 19.7. The number of carbonyl (C=O) groups excluding carboxylic acids is 2. The summed E-state index contributed by atoms with van der Waals surface area (Å²) >= 11 is 0. The summed E-state index contributed by atoms with van der Waals surface area (Å²) in [5, 5.41) is 15.7. The number of fused-ring (bicyclic) bond motifs is 2. The Labute approximate surface area is 206 Å². The third-order valence-corrected chi connectivity index (χ3v) is 6.44. The van der Waals surface area contributed by atoms with E-state index >= 15 is 0 Å². The zero-order chi connectivity index (χ0) is 25.4. The van der Waals surface area contributed by atoms with Crippen LogP contribution >= 0.6 is 0 Å². The highest BCUT2D eigenvalue weighted by molar-refractivity contribution is 6.05. The Morgan fingerprint density at radius 1 is 0.917 bits per heavy atom. The van der Waals surface area contributed by atoms with Crippen molar-refractivity contribution >= 4 is 33.8 Å². The van der Waals surface area contributed by atoms with E-state index < -0.39 is 23.5 Å². The highest BCUT2D eigenvalue weighted by Gasteiger charge is 2.22. The lowest BCUT2D eigenvalue weighted by atomic mass is 9.97. The number of hydrogen-bond donors (Lipinski definition) is 1. The normalized spacial score (nSPS) is 12.1. The summed E-state index contributed by atoms with van der Waals surface area (Å²) in [6.45, 7) is 3.57. The van der Waals surface area contributed by atoms with Gasteiger partial charge < -0.3 is 24.1 Å². The summed E-state index contributed by atoms with van der Waals surface area (Å²) in [7, 11) is 0. The first kappa shape index (κ1) is 23.1. The van der Waals surface area contributed by atoms with E-state index in [1.54, 1.807) is 43.5 Å². The van der Waals surface area contributed by atoms with E-state index in [0.29, 0.717) is 33.2 Å². The Morgan fingerprint density at radius 2 is 1.58 bits per heavy atom. The van der Waals surface area contributed by atoms with Gasteiger partial charge in [-0.2, -0.15) is 0 Å². The molecule has 2 heterocycles. The number of carboxylic acids is 1. The van der Waals surface area contributed by atoms with E-state index in [9.17, 15) is 19.5 Å². The predicted octanol–water partition coefficient (Wildman–Crippen LogP) is 3.97. The Kier molecular flexibility index (Phi) is 5.90. The van der Waals surface area contributed by atoms with Crippen molar-refractivity contribution in [1.29, 1.82) is 0 Å². The summed E-state index contributed by atoms with van der Waals surface area (Å²) < 4.78 is 11.5. The molecule has 1 amide bonds. The summed E-state index contributed by atoms with van der Waals surface area (Å²) in [5.41, 5.74) is 4.05. The Hall–Kier alpha value is -4.65. The molecule has 7 nitrogen and oxygen atoms in total. The Balaban J connectivity index is 1.55. The first-order valence-corrected chi connectivity index (χ1v) is 11.4. The third kappa shape index (κ3) is 4.05. The molecule has 0 aliphatic rings.